The summed E-state index contributed by atoms with van der Waals surface area (Å²) in [6.07, 6.45) is 14.0. The molecule has 19 heavy (non-hydrogen) atoms. The molecular weight excluding hydrogens is 236 g/mol. The molecule has 0 aliphatic carbocycles. The van der Waals surface area contributed by atoms with E-state index in [0.717, 1.165) is 12.8 Å². The van der Waals surface area contributed by atoms with Gasteiger partial charge in [-0.25, -0.2) is 4.79 Å². The Morgan fingerprint density at radius 1 is 0.842 bits per heavy atom. The molecule has 0 aromatic heterocycles. The molecule has 0 saturated carbocycles. The van der Waals surface area contributed by atoms with Gasteiger partial charge in [-0.1, -0.05) is 70.6 Å². The fourth-order valence-corrected chi connectivity index (χ4v) is 1.89. The maximum absolute atomic E-state index is 10.1. The summed E-state index contributed by atoms with van der Waals surface area (Å²) in [4.78, 5) is 10.1. The zero-order chi connectivity index (χ0) is 14.2. The minimum absolute atomic E-state index is 0.824. The van der Waals surface area contributed by atoms with Crippen molar-refractivity contribution in [3.63, 3.8) is 0 Å². The van der Waals surface area contributed by atoms with Crippen LogP contribution in [0.5, 0.6) is 0 Å². The fraction of sp³-hybridized carbons (Fsp3) is 0.706. The molecule has 1 N–H and O–H groups in total. The summed E-state index contributed by atoms with van der Waals surface area (Å²) in [5.41, 5.74) is 0. The van der Waals surface area contributed by atoms with E-state index in [4.69, 9.17) is 5.11 Å². The Morgan fingerprint density at radius 3 is 1.89 bits per heavy atom. The number of aliphatic carboxylic acids is 1. The second kappa shape index (κ2) is 14.7. The number of unbranched alkanes of at least 4 members (excludes halogenated alkanes) is 10. The van der Waals surface area contributed by atoms with Crippen molar-refractivity contribution in [3.05, 3.63) is 0 Å². The van der Waals surface area contributed by atoms with Gasteiger partial charge in [0.25, 0.3) is 0 Å². The normalized spacial score (nSPS) is 9.11. The van der Waals surface area contributed by atoms with Gasteiger partial charge in [-0.2, -0.15) is 0 Å². The summed E-state index contributed by atoms with van der Waals surface area (Å²) in [6.45, 7) is 2.25. The second-order valence-electron chi connectivity index (χ2n) is 4.79. The summed E-state index contributed by atoms with van der Waals surface area (Å²) >= 11 is 0. The molecule has 0 aliphatic heterocycles. The topological polar surface area (TPSA) is 37.3 Å². The van der Waals surface area contributed by atoms with E-state index in [-0.39, 0.29) is 0 Å². The van der Waals surface area contributed by atoms with Crippen molar-refractivity contribution < 1.29 is 9.90 Å². The highest BCUT2D eigenvalue weighted by Crippen LogP contribution is 2.10. The van der Waals surface area contributed by atoms with Gasteiger partial charge in [0.1, 0.15) is 0 Å². The lowest BCUT2D eigenvalue weighted by Gasteiger charge is -2.00. The average molecular weight is 262 g/mol. The smallest absolute Gasteiger partial charge is 0.382 e. The van der Waals surface area contributed by atoms with Crippen LogP contribution in [0.2, 0.25) is 0 Å². The van der Waals surface area contributed by atoms with Gasteiger partial charge in [0.2, 0.25) is 0 Å². The maximum atomic E-state index is 10.1. The number of hydrogen-bond acceptors (Lipinski definition) is 1. The molecule has 2 heteroatoms. The van der Waals surface area contributed by atoms with E-state index >= 15 is 0 Å². The Balaban J connectivity index is 3.19. The third-order valence-electron chi connectivity index (χ3n) is 2.98. The van der Waals surface area contributed by atoms with Crippen molar-refractivity contribution in [1.29, 1.82) is 0 Å². The van der Waals surface area contributed by atoms with Crippen molar-refractivity contribution in [2.75, 3.05) is 0 Å². The zero-order valence-corrected chi connectivity index (χ0v) is 12.1. The van der Waals surface area contributed by atoms with Gasteiger partial charge in [0, 0.05) is 12.3 Å². The van der Waals surface area contributed by atoms with E-state index in [1.807, 2.05) is 5.92 Å². The van der Waals surface area contributed by atoms with E-state index in [2.05, 4.69) is 24.7 Å². The largest absolute Gasteiger partial charge is 0.472 e. The monoisotopic (exact) mass is 262 g/mol. The maximum Gasteiger partial charge on any atom is 0.382 e. The standard InChI is InChI=1S/C17H26O2/c1-2-3-4-5-6-7-8-9-10-11-12-13-14-15-16-17(18)19/h2-12H2,1H3,(H,18,19). The van der Waals surface area contributed by atoms with E-state index in [1.165, 1.54) is 57.8 Å². The lowest BCUT2D eigenvalue weighted by molar-refractivity contribution is -0.130. The zero-order valence-electron chi connectivity index (χ0n) is 12.1. The van der Waals surface area contributed by atoms with Crippen molar-refractivity contribution >= 4 is 5.97 Å². The molecule has 2 nitrogen and oxygen atoms in total. The molecule has 0 saturated heterocycles. The molecule has 0 aromatic rings. The molecule has 0 spiro atoms. The first-order valence-corrected chi connectivity index (χ1v) is 7.49. The third kappa shape index (κ3) is 16.6. The van der Waals surface area contributed by atoms with Gasteiger partial charge in [-0.3, -0.25) is 0 Å². The van der Waals surface area contributed by atoms with Crippen molar-refractivity contribution in [2.24, 2.45) is 0 Å². The Kier molecular flexibility index (Phi) is 13.6. The number of carbonyl (C=O) groups is 1. The highest BCUT2D eigenvalue weighted by molar-refractivity contribution is 5.87. The predicted molar refractivity (Wildman–Crippen MR) is 79.6 cm³/mol. The average Bonchev–Trinajstić information content (AvgIpc) is 2.39. The quantitative estimate of drug-likeness (QED) is 0.468. The fourth-order valence-electron chi connectivity index (χ4n) is 1.89. The van der Waals surface area contributed by atoms with Crippen LogP contribution in [0.15, 0.2) is 0 Å². The molecule has 0 radical (unpaired) electrons. The Labute approximate surface area is 118 Å². The first kappa shape index (κ1) is 17.6. The van der Waals surface area contributed by atoms with Gasteiger partial charge in [-0.05, 0) is 18.3 Å². The predicted octanol–water partition coefficient (Wildman–Crippen LogP) is 4.39. The van der Waals surface area contributed by atoms with E-state index < -0.39 is 5.97 Å². The van der Waals surface area contributed by atoms with Gasteiger partial charge >= 0.3 is 5.97 Å². The molecule has 0 amide bonds. The molecule has 0 atom stereocenters. The minimum Gasteiger partial charge on any atom is -0.472 e. The van der Waals surface area contributed by atoms with Crippen LogP contribution >= 0.6 is 0 Å². The van der Waals surface area contributed by atoms with Crippen LogP contribution in [0.25, 0.3) is 0 Å². The van der Waals surface area contributed by atoms with Gasteiger partial charge in [0.05, 0.1) is 0 Å². The van der Waals surface area contributed by atoms with Crippen LogP contribution in [0.3, 0.4) is 0 Å². The summed E-state index contributed by atoms with van der Waals surface area (Å²) in [6, 6.07) is 0. The Morgan fingerprint density at radius 2 is 1.37 bits per heavy atom. The van der Waals surface area contributed by atoms with Crippen molar-refractivity contribution in [2.45, 2.75) is 77.6 Å². The third-order valence-corrected chi connectivity index (χ3v) is 2.98. The number of carboxylic acid groups (broad SMARTS) is 1. The van der Waals surface area contributed by atoms with E-state index in [9.17, 15) is 4.79 Å². The van der Waals surface area contributed by atoms with Crippen LogP contribution in [-0.2, 0) is 4.79 Å². The molecule has 0 aliphatic rings. The minimum atomic E-state index is -1.12. The first-order valence-electron chi connectivity index (χ1n) is 7.49. The summed E-state index contributed by atoms with van der Waals surface area (Å²) in [5, 5.41) is 8.26. The number of carboxylic acids is 1. The van der Waals surface area contributed by atoms with Crippen molar-refractivity contribution in [3.8, 4) is 23.7 Å². The highest BCUT2D eigenvalue weighted by Gasteiger charge is 1.91. The SMILES string of the molecule is CCCCCCCCCCCCC#CC#CC(=O)O. The Hall–Kier alpha value is -1.41. The van der Waals surface area contributed by atoms with E-state index in [1.54, 1.807) is 0 Å². The summed E-state index contributed by atoms with van der Waals surface area (Å²) < 4.78 is 0. The molecule has 0 fully saturated rings. The second-order valence-corrected chi connectivity index (χ2v) is 4.79. The van der Waals surface area contributed by atoms with Crippen LogP contribution in [0, 0.1) is 23.7 Å². The van der Waals surface area contributed by atoms with Crippen LogP contribution < -0.4 is 0 Å². The Bertz CT molecular complexity index is 336. The molecular formula is C17H26O2. The van der Waals surface area contributed by atoms with E-state index in [0.29, 0.717) is 0 Å². The van der Waals surface area contributed by atoms with Crippen molar-refractivity contribution in [1.82, 2.24) is 0 Å². The highest BCUT2D eigenvalue weighted by atomic mass is 16.4. The van der Waals surface area contributed by atoms with Gasteiger partial charge in [-0.15, -0.1) is 0 Å². The molecule has 0 heterocycles. The molecule has 0 unspecified atom stereocenters. The molecule has 0 rings (SSSR count). The number of hydrogen-bond donors (Lipinski definition) is 1. The lowest BCUT2D eigenvalue weighted by atomic mass is 10.1. The lowest BCUT2D eigenvalue weighted by Crippen LogP contribution is -1.85. The first-order chi connectivity index (χ1) is 9.27. The summed E-state index contributed by atoms with van der Waals surface area (Å²) in [5.74, 6) is 8.61. The van der Waals surface area contributed by atoms with Crippen LogP contribution in [0.4, 0.5) is 0 Å². The number of rotatable bonds is 10. The summed E-state index contributed by atoms with van der Waals surface area (Å²) in [7, 11) is 0. The van der Waals surface area contributed by atoms with Gasteiger partial charge < -0.3 is 5.11 Å². The van der Waals surface area contributed by atoms with Gasteiger partial charge in [0.15, 0.2) is 0 Å². The molecule has 106 valence electrons. The van der Waals surface area contributed by atoms with Crippen LogP contribution in [-0.4, -0.2) is 11.1 Å². The van der Waals surface area contributed by atoms with Crippen LogP contribution in [0.1, 0.15) is 77.6 Å². The molecule has 0 bridgehead atoms. The molecule has 0 aromatic carbocycles.